The summed E-state index contributed by atoms with van der Waals surface area (Å²) in [6.45, 7) is 0.371. The summed E-state index contributed by atoms with van der Waals surface area (Å²) >= 11 is 3.39. The van der Waals surface area contributed by atoms with Crippen molar-refractivity contribution in [3.05, 3.63) is 52.5 Å². The summed E-state index contributed by atoms with van der Waals surface area (Å²) in [5, 5.41) is 4.55. The number of carbonyl (C=O) groups excluding carboxylic acids is 1. The lowest BCUT2D eigenvalue weighted by Crippen LogP contribution is -2.57. The molecular weight excluding hydrogens is 422 g/mol. The molecule has 3 aromatic rings. The summed E-state index contributed by atoms with van der Waals surface area (Å²) in [4.78, 5) is 14.4. The van der Waals surface area contributed by atoms with Crippen molar-refractivity contribution >= 4 is 42.6 Å². The Morgan fingerprint density at radius 1 is 1.35 bits per heavy atom. The largest absolute Gasteiger partial charge is 0.468 e. The molecule has 0 N–H and O–H groups in total. The third-order valence-electron chi connectivity index (χ3n) is 4.57. The second-order valence-electron chi connectivity index (χ2n) is 6.35. The number of hydrogen-bond acceptors (Lipinski definition) is 5. The molecule has 0 saturated carbocycles. The summed E-state index contributed by atoms with van der Waals surface area (Å²) in [5.41, 5.74) is 1.18. The van der Waals surface area contributed by atoms with Gasteiger partial charge in [-0.15, -0.1) is 0 Å². The molecule has 1 aliphatic heterocycles. The van der Waals surface area contributed by atoms with Gasteiger partial charge in [-0.05, 0) is 30.3 Å². The van der Waals surface area contributed by atoms with Gasteiger partial charge in [0.2, 0.25) is 0 Å². The zero-order valence-electron chi connectivity index (χ0n) is 13.9. The minimum atomic E-state index is -3.36. The smallest absolute Gasteiger partial charge is 0.272 e. The molecule has 26 heavy (non-hydrogen) atoms. The number of amides is 1. The lowest BCUT2D eigenvalue weighted by atomic mass is 10.1. The Bertz CT molecular complexity index is 1080. The number of carbonyl (C=O) groups is 1. The predicted molar refractivity (Wildman–Crippen MR) is 99.4 cm³/mol. The molecule has 9 heteroatoms. The Morgan fingerprint density at radius 3 is 2.81 bits per heavy atom. The van der Waals surface area contributed by atoms with Gasteiger partial charge in [-0.1, -0.05) is 15.9 Å². The molecule has 4 rings (SSSR count). The second-order valence-corrected chi connectivity index (χ2v) is 9.55. The van der Waals surface area contributed by atoms with E-state index in [0.717, 1.165) is 9.86 Å². The van der Waals surface area contributed by atoms with Crippen molar-refractivity contribution in [2.75, 3.05) is 13.1 Å². The molecule has 0 bridgehead atoms. The van der Waals surface area contributed by atoms with Gasteiger partial charge in [0.1, 0.15) is 17.2 Å². The van der Waals surface area contributed by atoms with Crippen molar-refractivity contribution < 1.29 is 17.6 Å². The van der Waals surface area contributed by atoms with Crippen LogP contribution in [0.1, 0.15) is 16.2 Å². The van der Waals surface area contributed by atoms with Crippen molar-refractivity contribution in [3.8, 4) is 0 Å². The fourth-order valence-corrected chi connectivity index (χ4v) is 5.08. The van der Waals surface area contributed by atoms with Crippen LogP contribution in [-0.4, -0.2) is 47.3 Å². The number of rotatable bonds is 4. The van der Waals surface area contributed by atoms with E-state index in [1.807, 2.05) is 18.2 Å². The van der Waals surface area contributed by atoms with Gasteiger partial charge in [0.05, 0.1) is 17.0 Å². The second kappa shape index (κ2) is 6.24. The summed E-state index contributed by atoms with van der Waals surface area (Å²) in [6.07, 6.45) is 1.45. The lowest BCUT2D eigenvalue weighted by Gasteiger charge is -2.38. The third-order valence-corrected chi connectivity index (χ3v) is 7.06. The number of hydrogen-bond donors (Lipinski definition) is 0. The van der Waals surface area contributed by atoms with E-state index in [2.05, 4.69) is 21.0 Å². The molecule has 7 nitrogen and oxygen atoms in total. The normalized spacial score (nSPS) is 15.4. The summed E-state index contributed by atoms with van der Waals surface area (Å²) < 4.78 is 32.4. The fraction of sp³-hybridized carbons (Fsp3) is 0.294. The number of likely N-dealkylation sites (tertiary alicyclic amines) is 1. The maximum Gasteiger partial charge on any atom is 0.272 e. The van der Waals surface area contributed by atoms with E-state index in [0.29, 0.717) is 17.0 Å². The molecule has 0 unspecified atom stereocenters. The zero-order valence-corrected chi connectivity index (χ0v) is 16.3. The minimum absolute atomic E-state index is 0.143. The quantitative estimate of drug-likeness (QED) is 0.625. The molecule has 1 fully saturated rings. The van der Waals surface area contributed by atoms with E-state index in [1.165, 1.54) is 6.26 Å². The maximum atomic E-state index is 12.8. The van der Waals surface area contributed by atoms with Crippen molar-refractivity contribution in [2.45, 2.75) is 11.0 Å². The van der Waals surface area contributed by atoms with Crippen LogP contribution in [0.15, 0.2) is 45.5 Å². The number of aryl methyl sites for hydroxylation is 1. The van der Waals surface area contributed by atoms with Crippen LogP contribution in [0.3, 0.4) is 0 Å². The van der Waals surface area contributed by atoms with Gasteiger partial charge in [0.25, 0.3) is 5.91 Å². The average Bonchev–Trinajstić information content (AvgIpc) is 3.10. The minimum Gasteiger partial charge on any atom is -0.468 e. The van der Waals surface area contributed by atoms with Gasteiger partial charge in [0, 0.05) is 30.0 Å². The first-order valence-corrected chi connectivity index (χ1v) is 10.5. The monoisotopic (exact) mass is 437 g/mol. The number of benzene rings is 1. The first-order valence-electron chi connectivity index (χ1n) is 8.00. The summed E-state index contributed by atoms with van der Waals surface area (Å²) in [6, 6.07) is 8.84. The number of halogens is 1. The average molecular weight is 438 g/mol. The van der Waals surface area contributed by atoms with Crippen molar-refractivity contribution in [3.63, 3.8) is 0 Å². The highest BCUT2D eigenvalue weighted by Crippen LogP contribution is 2.27. The standard InChI is InChI=1S/C17H16BrN3O4S/c1-20-16(14-5-4-11(18)7-15(14)19-20)17(22)21-8-13(9-21)26(23,24)10-12-3-2-6-25-12/h2-7,13H,8-10H2,1H3. The molecule has 1 aromatic carbocycles. The number of aromatic nitrogens is 2. The van der Waals surface area contributed by atoms with Gasteiger partial charge in [0.15, 0.2) is 9.84 Å². The van der Waals surface area contributed by atoms with Crippen LogP contribution in [0.25, 0.3) is 10.9 Å². The van der Waals surface area contributed by atoms with Crippen molar-refractivity contribution in [2.24, 2.45) is 7.05 Å². The molecule has 3 heterocycles. The predicted octanol–water partition coefficient (Wildman–Crippen LogP) is 2.37. The van der Waals surface area contributed by atoms with E-state index in [1.54, 1.807) is 28.8 Å². The SMILES string of the molecule is Cn1nc2cc(Br)ccc2c1C(=O)N1CC(S(=O)(=O)Cc2ccco2)C1. The highest BCUT2D eigenvalue weighted by atomic mass is 79.9. The molecule has 0 atom stereocenters. The Balaban J connectivity index is 1.51. The molecule has 1 amide bonds. The number of furan rings is 1. The van der Waals surface area contributed by atoms with E-state index < -0.39 is 15.1 Å². The third kappa shape index (κ3) is 2.95. The van der Waals surface area contributed by atoms with E-state index in [4.69, 9.17) is 4.42 Å². The molecule has 0 radical (unpaired) electrons. The number of sulfone groups is 1. The fourth-order valence-electron chi connectivity index (χ4n) is 3.12. The molecular formula is C17H16BrN3O4S. The van der Waals surface area contributed by atoms with Crippen LogP contribution in [0.5, 0.6) is 0 Å². The molecule has 0 aliphatic carbocycles. The highest BCUT2D eigenvalue weighted by molar-refractivity contribution is 9.10. The van der Waals surface area contributed by atoms with Gasteiger partial charge < -0.3 is 9.32 Å². The number of fused-ring (bicyclic) bond motifs is 1. The van der Waals surface area contributed by atoms with E-state index in [9.17, 15) is 13.2 Å². The van der Waals surface area contributed by atoms with Crippen LogP contribution in [0.2, 0.25) is 0 Å². The molecule has 0 spiro atoms. The van der Waals surface area contributed by atoms with Crippen LogP contribution >= 0.6 is 15.9 Å². The van der Waals surface area contributed by atoms with Crippen LogP contribution in [-0.2, 0) is 22.6 Å². The van der Waals surface area contributed by atoms with Gasteiger partial charge in [-0.2, -0.15) is 5.10 Å². The first-order chi connectivity index (χ1) is 12.3. The van der Waals surface area contributed by atoms with Crippen molar-refractivity contribution in [1.29, 1.82) is 0 Å². The molecule has 136 valence electrons. The van der Waals surface area contributed by atoms with Crippen LogP contribution in [0, 0.1) is 0 Å². The Kier molecular flexibility index (Phi) is 4.15. The van der Waals surface area contributed by atoms with Crippen molar-refractivity contribution in [1.82, 2.24) is 14.7 Å². The summed E-state index contributed by atoms with van der Waals surface area (Å²) in [5.74, 6) is 0.0646. The lowest BCUT2D eigenvalue weighted by molar-refractivity contribution is 0.0649. The van der Waals surface area contributed by atoms with Gasteiger partial charge in [-0.25, -0.2) is 8.42 Å². The topological polar surface area (TPSA) is 85.4 Å². The highest BCUT2D eigenvalue weighted by Gasteiger charge is 2.41. The summed E-state index contributed by atoms with van der Waals surface area (Å²) in [7, 11) is -1.64. The maximum absolute atomic E-state index is 12.8. The molecule has 1 aliphatic rings. The number of nitrogens with zero attached hydrogens (tertiary/aromatic N) is 3. The Labute approximate surface area is 158 Å². The molecule has 2 aromatic heterocycles. The van der Waals surface area contributed by atoms with Gasteiger partial charge >= 0.3 is 0 Å². The first kappa shape index (κ1) is 17.3. The van der Waals surface area contributed by atoms with Gasteiger partial charge in [-0.3, -0.25) is 9.48 Å². The molecule has 1 saturated heterocycles. The van der Waals surface area contributed by atoms with Crippen LogP contribution in [0.4, 0.5) is 0 Å². The van der Waals surface area contributed by atoms with Crippen LogP contribution < -0.4 is 0 Å². The van der Waals surface area contributed by atoms with E-state index >= 15 is 0 Å². The van der Waals surface area contributed by atoms with E-state index in [-0.39, 0.29) is 24.7 Å². The Hall–Kier alpha value is -2.13. The zero-order chi connectivity index (χ0) is 18.5. The Morgan fingerprint density at radius 2 is 2.12 bits per heavy atom.